The van der Waals surface area contributed by atoms with Crippen LogP contribution >= 0.6 is 0 Å². The van der Waals surface area contributed by atoms with Gasteiger partial charge < -0.3 is 20.1 Å². The van der Waals surface area contributed by atoms with E-state index in [-0.39, 0.29) is 5.69 Å². The summed E-state index contributed by atoms with van der Waals surface area (Å²) >= 11 is 0. The number of ether oxygens (including phenoxy) is 2. The van der Waals surface area contributed by atoms with Crippen molar-refractivity contribution >= 4 is 23.5 Å². The number of anilines is 1. The van der Waals surface area contributed by atoms with Gasteiger partial charge in [0.2, 0.25) is 0 Å². The molecule has 0 spiro atoms. The Labute approximate surface area is 168 Å². The number of carbonyl (C=O) groups is 3. The van der Waals surface area contributed by atoms with E-state index in [1.165, 1.54) is 19.1 Å². The maximum Gasteiger partial charge on any atom is 0.326 e. The van der Waals surface area contributed by atoms with Gasteiger partial charge in [0.1, 0.15) is 18.1 Å². The smallest absolute Gasteiger partial charge is 0.326 e. The molecule has 0 heterocycles. The minimum absolute atomic E-state index is 0.254. The highest BCUT2D eigenvalue weighted by Crippen LogP contribution is 2.14. The van der Waals surface area contributed by atoms with Crippen molar-refractivity contribution in [2.75, 3.05) is 18.5 Å². The minimum atomic E-state index is -1.12. The Balaban J connectivity index is 1.80. The van der Waals surface area contributed by atoms with Gasteiger partial charge in [0.25, 0.3) is 11.8 Å². The topological polar surface area (TPSA) is 93.7 Å². The lowest BCUT2D eigenvalue weighted by Crippen LogP contribution is -2.35. The van der Waals surface area contributed by atoms with E-state index in [2.05, 4.69) is 10.6 Å². The lowest BCUT2D eigenvalue weighted by atomic mass is 10.2. The van der Waals surface area contributed by atoms with E-state index in [9.17, 15) is 18.8 Å². The largest absolute Gasteiger partial charge is 0.494 e. The fourth-order valence-corrected chi connectivity index (χ4v) is 2.33. The molecule has 154 valence electrons. The first-order chi connectivity index (χ1) is 13.8. The number of amides is 2. The zero-order valence-electron chi connectivity index (χ0n) is 16.5. The van der Waals surface area contributed by atoms with Gasteiger partial charge in [0.15, 0.2) is 6.10 Å². The standard InChI is InChI=1S/C21H23FN2O5/c1-4-28-17-9-6-15(7-10-17)21(27)23-12-19(25)29-14(3)20(26)24-16-8-5-13(2)18(22)11-16/h5-11,14H,4,12H2,1-3H3,(H,23,27)(H,24,26)/t14-/m0/s1. The Morgan fingerprint density at radius 1 is 1.10 bits per heavy atom. The van der Waals surface area contributed by atoms with Gasteiger partial charge >= 0.3 is 5.97 Å². The first-order valence-corrected chi connectivity index (χ1v) is 9.07. The number of rotatable bonds is 8. The summed E-state index contributed by atoms with van der Waals surface area (Å²) in [6.07, 6.45) is -1.12. The van der Waals surface area contributed by atoms with Gasteiger partial charge in [0, 0.05) is 11.3 Å². The molecule has 2 aromatic rings. The van der Waals surface area contributed by atoms with Crippen LogP contribution in [0.25, 0.3) is 0 Å². The third-order valence-electron chi connectivity index (χ3n) is 3.94. The molecule has 2 N–H and O–H groups in total. The Morgan fingerprint density at radius 3 is 2.41 bits per heavy atom. The highest BCUT2D eigenvalue weighted by molar-refractivity contribution is 5.97. The summed E-state index contributed by atoms with van der Waals surface area (Å²) in [5.41, 5.74) is 1.06. The molecule has 2 aromatic carbocycles. The van der Waals surface area contributed by atoms with Crippen molar-refractivity contribution in [2.24, 2.45) is 0 Å². The lowest BCUT2D eigenvalue weighted by Gasteiger charge is -2.14. The fourth-order valence-electron chi connectivity index (χ4n) is 2.33. The second-order valence-corrected chi connectivity index (χ2v) is 6.23. The van der Waals surface area contributed by atoms with E-state index in [0.717, 1.165) is 0 Å². The summed E-state index contributed by atoms with van der Waals surface area (Å²) in [4.78, 5) is 36.0. The molecule has 2 rings (SSSR count). The molecular formula is C21H23FN2O5. The molecule has 0 saturated carbocycles. The first-order valence-electron chi connectivity index (χ1n) is 9.07. The van der Waals surface area contributed by atoms with Crippen LogP contribution in [0.1, 0.15) is 29.8 Å². The van der Waals surface area contributed by atoms with Gasteiger partial charge in [-0.2, -0.15) is 0 Å². The third-order valence-corrected chi connectivity index (χ3v) is 3.94. The van der Waals surface area contributed by atoms with Crippen LogP contribution in [0.4, 0.5) is 10.1 Å². The summed E-state index contributed by atoms with van der Waals surface area (Å²) in [5.74, 6) is -1.67. The van der Waals surface area contributed by atoms with Crippen LogP contribution in [0.5, 0.6) is 5.75 Å². The SMILES string of the molecule is CCOc1ccc(C(=O)NCC(=O)O[C@@H](C)C(=O)Nc2ccc(C)c(F)c2)cc1. The molecule has 0 aliphatic carbocycles. The molecule has 0 radical (unpaired) electrons. The fraction of sp³-hybridized carbons (Fsp3) is 0.286. The molecule has 0 aliphatic heterocycles. The average Bonchev–Trinajstić information content (AvgIpc) is 2.69. The third kappa shape index (κ3) is 6.60. The van der Waals surface area contributed by atoms with Crippen LogP contribution in [0, 0.1) is 12.7 Å². The maximum atomic E-state index is 13.5. The summed E-state index contributed by atoms with van der Waals surface area (Å²) in [5, 5.41) is 4.89. The molecule has 29 heavy (non-hydrogen) atoms. The number of benzene rings is 2. The highest BCUT2D eigenvalue weighted by Gasteiger charge is 2.19. The number of carbonyl (C=O) groups excluding carboxylic acids is 3. The number of esters is 1. The zero-order chi connectivity index (χ0) is 21.4. The molecule has 0 fully saturated rings. The zero-order valence-corrected chi connectivity index (χ0v) is 16.5. The van der Waals surface area contributed by atoms with Gasteiger partial charge in [0.05, 0.1) is 6.61 Å². The predicted octanol–water partition coefficient (Wildman–Crippen LogP) is 2.83. The first kappa shape index (κ1) is 21.9. The number of hydrogen-bond acceptors (Lipinski definition) is 5. The van der Waals surface area contributed by atoms with Crippen molar-refractivity contribution in [1.29, 1.82) is 0 Å². The van der Waals surface area contributed by atoms with E-state index < -0.39 is 36.2 Å². The highest BCUT2D eigenvalue weighted by atomic mass is 19.1. The number of aryl methyl sites for hydroxylation is 1. The van der Waals surface area contributed by atoms with E-state index in [1.54, 1.807) is 37.3 Å². The number of hydrogen-bond donors (Lipinski definition) is 2. The Kier molecular flexibility index (Phi) is 7.70. The van der Waals surface area contributed by atoms with E-state index >= 15 is 0 Å². The number of halogens is 1. The van der Waals surface area contributed by atoms with Crippen LogP contribution in [0.15, 0.2) is 42.5 Å². The molecular weight excluding hydrogens is 379 g/mol. The van der Waals surface area contributed by atoms with Gasteiger partial charge in [-0.1, -0.05) is 6.07 Å². The van der Waals surface area contributed by atoms with Crippen molar-refractivity contribution in [2.45, 2.75) is 26.9 Å². The molecule has 0 saturated heterocycles. The predicted molar refractivity (Wildman–Crippen MR) is 105 cm³/mol. The summed E-state index contributed by atoms with van der Waals surface area (Å²) < 4.78 is 23.8. The van der Waals surface area contributed by atoms with Crippen molar-refractivity contribution < 1.29 is 28.2 Å². The molecule has 7 nitrogen and oxygen atoms in total. The Hall–Kier alpha value is -3.42. The molecule has 8 heteroatoms. The van der Waals surface area contributed by atoms with Crippen LogP contribution in [0.2, 0.25) is 0 Å². The molecule has 2 amide bonds. The van der Waals surface area contributed by atoms with E-state index in [0.29, 0.717) is 23.5 Å². The Morgan fingerprint density at radius 2 is 1.79 bits per heavy atom. The van der Waals surface area contributed by atoms with Crippen molar-refractivity contribution in [3.63, 3.8) is 0 Å². The van der Waals surface area contributed by atoms with Crippen LogP contribution < -0.4 is 15.4 Å². The second-order valence-electron chi connectivity index (χ2n) is 6.23. The van der Waals surface area contributed by atoms with Crippen molar-refractivity contribution in [1.82, 2.24) is 5.32 Å². The molecule has 0 aliphatic rings. The van der Waals surface area contributed by atoms with E-state index in [4.69, 9.17) is 9.47 Å². The Bertz CT molecular complexity index is 883. The van der Waals surface area contributed by atoms with Crippen molar-refractivity contribution in [3.05, 3.63) is 59.4 Å². The van der Waals surface area contributed by atoms with Gasteiger partial charge in [-0.3, -0.25) is 14.4 Å². The van der Waals surface area contributed by atoms with E-state index in [1.807, 2.05) is 6.92 Å². The van der Waals surface area contributed by atoms with Crippen LogP contribution in [-0.2, 0) is 14.3 Å². The quantitative estimate of drug-likeness (QED) is 0.663. The normalized spacial score (nSPS) is 11.3. The van der Waals surface area contributed by atoms with Crippen molar-refractivity contribution in [3.8, 4) is 5.75 Å². The maximum absolute atomic E-state index is 13.5. The summed E-state index contributed by atoms with van der Waals surface area (Å²) in [6, 6.07) is 10.7. The molecule has 0 unspecified atom stereocenters. The minimum Gasteiger partial charge on any atom is -0.494 e. The van der Waals surface area contributed by atoms with Crippen LogP contribution in [-0.4, -0.2) is 37.0 Å². The second kappa shape index (κ2) is 10.2. The summed E-state index contributed by atoms with van der Waals surface area (Å²) in [6.45, 7) is 4.95. The van der Waals surface area contributed by atoms with Crippen LogP contribution in [0.3, 0.4) is 0 Å². The average molecular weight is 402 g/mol. The summed E-state index contributed by atoms with van der Waals surface area (Å²) in [7, 11) is 0. The monoisotopic (exact) mass is 402 g/mol. The molecule has 0 bridgehead atoms. The molecule has 1 atom stereocenters. The lowest BCUT2D eigenvalue weighted by molar-refractivity contribution is -0.152. The van der Waals surface area contributed by atoms with Gasteiger partial charge in [-0.25, -0.2) is 4.39 Å². The number of nitrogens with one attached hydrogen (secondary N) is 2. The molecule has 0 aromatic heterocycles. The van der Waals surface area contributed by atoms with Gasteiger partial charge in [-0.05, 0) is 62.7 Å². The van der Waals surface area contributed by atoms with Gasteiger partial charge in [-0.15, -0.1) is 0 Å².